The van der Waals surface area contributed by atoms with E-state index in [1.807, 2.05) is 49.4 Å². The Morgan fingerprint density at radius 2 is 1.61 bits per heavy atom. The highest BCUT2D eigenvalue weighted by Crippen LogP contribution is 2.39. The van der Waals surface area contributed by atoms with Crippen molar-refractivity contribution < 1.29 is 13.2 Å². The number of anilines is 1. The number of pyridine rings is 2. The molecule has 0 amide bonds. The van der Waals surface area contributed by atoms with Crippen molar-refractivity contribution in [2.24, 2.45) is 0 Å². The van der Waals surface area contributed by atoms with Gasteiger partial charge in [0.1, 0.15) is 0 Å². The molecule has 0 atom stereocenters. The highest BCUT2D eigenvalue weighted by Gasteiger charge is 2.36. The minimum absolute atomic E-state index is 0.129. The van der Waals surface area contributed by atoms with Gasteiger partial charge < -0.3 is 10.2 Å². The maximum atomic E-state index is 14.3. The molecule has 0 aliphatic carbocycles. The number of piperazine rings is 1. The molecule has 2 aromatic heterocycles. The number of aryl methyl sites for hydroxylation is 1. The second kappa shape index (κ2) is 9.29. The summed E-state index contributed by atoms with van der Waals surface area (Å²) in [5.74, 6) is 0. The molecule has 1 aliphatic heterocycles. The van der Waals surface area contributed by atoms with Crippen LogP contribution in [0.3, 0.4) is 0 Å². The van der Waals surface area contributed by atoms with Crippen molar-refractivity contribution in [2.45, 2.75) is 13.1 Å². The predicted octanol–water partition coefficient (Wildman–Crippen LogP) is 5.94. The lowest BCUT2D eigenvalue weighted by Crippen LogP contribution is -2.44. The van der Waals surface area contributed by atoms with Crippen LogP contribution < -0.4 is 15.8 Å². The smallest absolute Gasteiger partial charge is 0.368 e. The van der Waals surface area contributed by atoms with E-state index in [9.17, 15) is 18.0 Å². The first kappa shape index (κ1) is 24.2. The summed E-state index contributed by atoms with van der Waals surface area (Å²) in [4.78, 5) is 19.5. The Labute approximate surface area is 217 Å². The van der Waals surface area contributed by atoms with Crippen molar-refractivity contribution in [1.82, 2.24) is 14.9 Å². The quantitative estimate of drug-likeness (QED) is 0.303. The van der Waals surface area contributed by atoms with E-state index >= 15 is 0 Å². The molecule has 5 aromatic rings. The van der Waals surface area contributed by atoms with Crippen LogP contribution in [0, 0.1) is 6.92 Å². The lowest BCUT2D eigenvalue weighted by Gasteiger charge is -2.32. The van der Waals surface area contributed by atoms with Crippen molar-refractivity contribution in [2.75, 3.05) is 31.1 Å². The molecule has 192 valence electrons. The number of hydrogen-bond acceptors (Lipinski definition) is 4. The normalized spacial score (nSPS) is 14.4. The fraction of sp³-hybridized carbons (Fsp3) is 0.200. The Balaban J connectivity index is 1.60. The summed E-state index contributed by atoms with van der Waals surface area (Å²) in [6.45, 7) is 4.21. The number of nitrogens with one attached hydrogen (secondary N) is 1. The van der Waals surface area contributed by atoms with Crippen molar-refractivity contribution >= 4 is 27.5 Å². The molecule has 0 radical (unpaired) electrons. The van der Waals surface area contributed by atoms with Gasteiger partial charge in [0.2, 0.25) is 0 Å². The first-order valence-corrected chi connectivity index (χ1v) is 12.5. The van der Waals surface area contributed by atoms with Gasteiger partial charge in [-0.2, -0.15) is 13.2 Å². The van der Waals surface area contributed by atoms with Gasteiger partial charge in [-0.15, -0.1) is 0 Å². The Hall–Kier alpha value is -4.17. The van der Waals surface area contributed by atoms with Gasteiger partial charge in [0, 0.05) is 54.9 Å². The molecule has 8 heteroatoms. The molecule has 1 fully saturated rings. The molecule has 0 spiro atoms. The summed E-state index contributed by atoms with van der Waals surface area (Å²) in [5, 5.41) is 4.53. The van der Waals surface area contributed by atoms with E-state index in [0.29, 0.717) is 48.0 Å². The fourth-order valence-corrected chi connectivity index (χ4v) is 5.16. The number of rotatable bonds is 3. The summed E-state index contributed by atoms with van der Waals surface area (Å²) >= 11 is 0. The molecule has 38 heavy (non-hydrogen) atoms. The van der Waals surface area contributed by atoms with Gasteiger partial charge in [-0.3, -0.25) is 14.3 Å². The van der Waals surface area contributed by atoms with E-state index < -0.39 is 17.3 Å². The number of alkyl halides is 3. The Morgan fingerprint density at radius 1 is 0.868 bits per heavy atom. The van der Waals surface area contributed by atoms with E-state index in [0.717, 1.165) is 22.8 Å². The molecular weight excluding hydrogens is 489 g/mol. The monoisotopic (exact) mass is 514 g/mol. The van der Waals surface area contributed by atoms with Crippen LogP contribution in [0.1, 0.15) is 11.1 Å². The molecule has 5 nitrogen and oxygen atoms in total. The summed E-state index contributed by atoms with van der Waals surface area (Å²) in [6, 6.07) is 21.1. The van der Waals surface area contributed by atoms with E-state index in [1.165, 1.54) is 16.7 Å². The largest absolute Gasteiger partial charge is 0.418 e. The highest BCUT2D eigenvalue weighted by atomic mass is 19.4. The lowest BCUT2D eigenvalue weighted by atomic mass is 10.0. The Bertz CT molecular complexity index is 1720. The molecule has 1 saturated heterocycles. The maximum absolute atomic E-state index is 14.3. The van der Waals surface area contributed by atoms with Gasteiger partial charge in [-0.1, -0.05) is 35.9 Å². The molecule has 1 aliphatic rings. The number of halogens is 3. The highest BCUT2D eigenvalue weighted by molar-refractivity contribution is 6.05. The van der Waals surface area contributed by atoms with E-state index in [-0.39, 0.29) is 11.4 Å². The minimum atomic E-state index is -4.58. The van der Waals surface area contributed by atoms with Gasteiger partial charge in [0.05, 0.1) is 22.3 Å². The van der Waals surface area contributed by atoms with Gasteiger partial charge in [-0.25, -0.2) is 0 Å². The predicted molar refractivity (Wildman–Crippen MR) is 145 cm³/mol. The number of aromatic nitrogens is 2. The second-order valence-corrected chi connectivity index (χ2v) is 9.60. The summed E-state index contributed by atoms with van der Waals surface area (Å²) in [5.41, 5.74) is 3.39. The molecule has 0 saturated carbocycles. The molecule has 6 rings (SSSR count). The van der Waals surface area contributed by atoms with E-state index in [2.05, 4.69) is 10.3 Å². The third kappa shape index (κ3) is 4.31. The van der Waals surface area contributed by atoms with Crippen molar-refractivity contribution in [3.63, 3.8) is 0 Å². The van der Waals surface area contributed by atoms with Crippen molar-refractivity contribution in [3.05, 3.63) is 100 Å². The maximum Gasteiger partial charge on any atom is 0.418 e. The molecule has 3 aromatic carbocycles. The topological polar surface area (TPSA) is 50.2 Å². The number of hydrogen-bond donors (Lipinski definition) is 1. The second-order valence-electron chi connectivity index (χ2n) is 9.60. The van der Waals surface area contributed by atoms with Crippen LogP contribution in [0.2, 0.25) is 0 Å². The third-order valence-corrected chi connectivity index (χ3v) is 7.10. The summed E-state index contributed by atoms with van der Waals surface area (Å²) < 4.78 is 44.3. The summed E-state index contributed by atoms with van der Waals surface area (Å²) in [6.07, 6.45) is -2.93. The minimum Gasteiger partial charge on any atom is -0.368 e. The van der Waals surface area contributed by atoms with Crippen molar-refractivity contribution in [3.8, 4) is 16.8 Å². The average Bonchev–Trinajstić information content (AvgIpc) is 2.93. The molecule has 1 N–H and O–H groups in total. The zero-order valence-corrected chi connectivity index (χ0v) is 20.7. The number of benzene rings is 3. The third-order valence-electron chi connectivity index (χ3n) is 7.10. The van der Waals surface area contributed by atoms with Crippen LogP contribution in [0.5, 0.6) is 0 Å². The SMILES string of the molecule is Cc1ccc(-c2ccc3ncc4ccc(=O)n(-c5ccc(N6CCNCC6)c(C(F)(F)F)c5)c4c3c2)cc1. The van der Waals surface area contributed by atoms with Gasteiger partial charge in [-0.05, 0) is 54.4 Å². The molecular formula is C30H25F3N4O. The number of fused-ring (bicyclic) bond motifs is 3. The van der Waals surface area contributed by atoms with Crippen molar-refractivity contribution in [1.29, 1.82) is 0 Å². The van der Waals surface area contributed by atoms with Gasteiger partial charge >= 0.3 is 6.18 Å². The Kier molecular flexibility index (Phi) is 5.91. The van der Waals surface area contributed by atoms with Crippen LogP contribution in [0.15, 0.2) is 83.8 Å². The Morgan fingerprint density at radius 3 is 2.34 bits per heavy atom. The van der Waals surface area contributed by atoms with Crippen LogP contribution in [0.4, 0.5) is 18.9 Å². The zero-order valence-electron chi connectivity index (χ0n) is 20.7. The first-order chi connectivity index (χ1) is 18.3. The van der Waals surface area contributed by atoms with Crippen LogP contribution in [-0.4, -0.2) is 35.7 Å². The van der Waals surface area contributed by atoms with Crippen LogP contribution >= 0.6 is 0 Å². The van der Waals surface area contributed by atoms with Gasteiger partial charge in [0.25, 0.3) is 5.56 Å². The molecule has 0 bridgehead atoms. The standard InChI is InChI=1S/C30H25F3N4O/c1-19-2-4-20(5-3-19)21-6-9-26-24(16-21)29-22(18-35-26)7-11-28(38)37(29)23-8-10-27(25(17-23)30(31,32)33)36-14-12-34-13-15-36/h2-11,16-18,34H,12-15H2,1H3. The van der Waals surface area contributed by atoms with E-state index in [4.69, 9.17) is 0 Å². The van der Waals surface area contributed by atoms with Crippen LogP contribution in [0.25, 0.3) is 38.6 Å². The molecule has 0 unspecified atom stereocenters. The average molecular weight is 515 g/mol. The fourth-order valence-electron chi connectivity index (χ4n) is 5.16. The van der Waals surface area contributed by atoms with Gasteiger partial charge in [0.15, 0.2) is 0 Å². The molecule has 3 heterocycles. The van der Waals surface area contributed by atoms with E-state index in [1.54, 1.807) is 23.2 Å². The lowest BCUT2D eigenvalue weighted by molar-refractivity contribution is -0.137. The zero-order chi connectivity index (χ0) is 26.4. The summed E-state index contributed by atoms with van der Waals surface area (Å²) in [7, 11) is 0. The number of nitrogens with zero attached hydrogens (tertiary/aromatic N) is 3. The first-order valence-electron chi connectivity index (χ1n) is 12.5. The van der Waals surface area contributed by atoms with Crippen LogP contribution in [-0.2, 0) is 6.18 Å².